The van der Waals surface area contributed by atoms with Gasteiger partial charge in [-0.3, -0.25) is 0 Å². The third-order valence-electron chi connectivity index (χ3n) is 3.13. The number of nitrogens with one attached hydrogen (secondary N) is 1. The van der Waals surface area contributed by atoms with E-state index in [0.717, 1.165) is 35.0 Å². The van der Waals surface area contributed by atoms with Crippen LogP contribution in [-0.4, -0.2) is 21.3 Å². The van der Waals surface area contributed by atoms with Gasteiger partial charge in [0, 0.05) is 18.1 Å². The summed E-state index contributed by atoms with van der Waals surface area (Å²) in [5.74, 6) is 2.53. The molecule has 20 heavy (non-hydrogen) atoms. The average molecular weight is 339 g/mol. The first kappa shape index (κ1) is 15.0. The summed E-state index contributed by atoms with van der Waals surface area (Å²) in [6, 6.07) is 5.99. The summed E-state index contributed by atoms with van der Waals surface area (Å²) in [5, 5.41) is 11.4. The minimum Gasteiger partial charge on any atom is -0.486 e. The summed E-state index contributed by atoms with van der Waals surface area (Å²) in [7, 11) is 1.94. The van der Waals surface area contributed by atoms with Crippen LogP contribution in [0.5, 0.6) is 5.75 Å². The Morgan fingerprint density at radius 2 is 2.15 bits per heavy atom. The summed E-state index contributed by atoms with van der Waals surface area (Å²) in [6.45, 7) is 6.18. The van der Waals surface area contributed by atoms with E-state index in [1.54, 1.807) is 0 Å². The Morgan fingerprint density at radius 1 is 1.35 bits per heavy atom. The van der Waals surface area contributed by atoms with Crippen molar-refractivity contribution in [2.75, 3.05) is 6.54 Å². The normalized spacial score (nSPS) is 10.8. The fourth-order valence-electron chi connectivity index (χ4n) is 1.76. The van der Waals surface area contributed by atoms with Gasteiger partial charge in [0.05, 0.1) is 0 Å². The molecule has 0 bridgehead atoms. The predicted molar refractivity (Wildman–Crippen MR) is 81.6 cm³/mol. The molecule has 6 heteroatoms. The minimum atomic E-state index is 0.416. The van der Waals surface area contributed by atoms with Gasteiger partial charge in [-0.25, -0.2) is 0 Å². The Bertz CT molecular complexity index is 583. The van der Waals surface area contributed by atoms with Gasteiger partial charge in [-0.15, -0.1) is 10.2 Å². The van der Waals surface area contributed by atoms with E-state index in [9.17, 15) is 0 Å². The maximum Gasteiger partial charge on any atom is 0.170 e. The average Bonchev–Trinajstić information content (AvgIpc) is 2.76. The summed E-state index contributed by atoms with van der Waals surface area (Å²) >= 11 is 3.55. The summed E-state index contributed by atoms with van der Waals surface area (Å²) in [6.07, 6.45) is 0. The monoisotopic (exact) mass is 338 g/mol. The van der Waals surface area contributed by atoms with Crippen molar-refractivity contribution in [1.29, 1.82) is 0 Å². The molecule has 2 rings (SSSR count). The van der Waals surface area contributed by atoms with Gasteiger partial charge in [0.2, 0.25) is 0 Å². The molecule has 1 aromatic carbocycles. The van der Waals surface area contributed by atoms with Gasteiger partial charge in [-0.05, 0) is 37.2 Å². The highest BCUT2D eigenvalue weighted by atomic mass is 79.9. The van der Waals surface area contributed by atoms with E-state index in [0.29, 0.717) is 6.61 Å². The van der Waals surface area contributed by atoms with Gasteiger partial charge in [0.1, 0.15) is 18.2 Å². The lowest BCUT2D eigenvalue weighted by molar-refractivity contribution is 0.290. The zero-order valence-corrected chi connectivity index (χ0v) is 13.6. The van der Waals surface area contributed by atoms with Gasteiger partial charge in [-0.1, -0.05) is 22.9 Å². The standard InChI is InChI=1S/C14H19BrN4O/c1-4-16-8-11-7-12(5-6-13(11)15)20-9-14-18-17-10(2)19(14)3/h5-7,16H,4,8-9H2,1-3H3. The predicted octanol–water partition coefficient (Wildman–Crippen LogP) is 2.57. The fraction of sp³-hybridized carbons (Fsp3) is 0.429. The molecular formula is C14H19BrN4O. The number of nitrogens with zero attached hydrogens (tertiary/aromatic N) is 3. The molecule has 0 atom stereocenters. The van der Waals surface area contributed by atoms with E-state index < -0.39 is 0 Å². The molecular weight excluding hydrogens is 320 g/mol. The Kier molecular flexibility index (Phi) is 5.14. The van der Waals surface area contributed by atoms with Crippen LogP contribution in [0, 0.1) is 6.92 Å². The summed E-state index contributed by atoms with van der Waals surface area (Å²) < 4.78 is 8.80. The Labute approximate surface area is 127 Å². The Morgan fingerprint density at radius 3 is 2.80 bits per heavy atom. The molecule has 1 heterocycles. The van der Waals surface area contributed by atoms with Gasteiger partial charge in [-0.2, -0.15) is 0 Å². The van der Waals surface area contributed by atoms with E-state index in [2.05, 4.69) is 38.4 Å². The topological polar surface area (TPSA) is 52.0 Å². The first-order valence-corrected chi connectivity index (χ1v) is 7.38. The molecule has 0 radical (unpaired) electrons. The highest BCUT2D eigenvalue weighted by molar-refractivity contribution is 9.10. The van der Waals surface area contributed by atoms with Crippen LogP contribution in [0.4, 0.5) is 0 Å². The maximum atomic E-state index is 5.79. The number of rotatable bonds is 6. The maximum absolute atomic E-state index is 5.79. The van der Waals surface area contributed by atoms with Crippen LogP contribution in [0.3, 0.4) is 0 Å². The number of hydrogen-bond donors (Lipinski definition) is 1. The molecule has 1 aromatic heterocycles. The van der Waals surface area contributed by atoms with Crippen molar-refractivity contribution in [2.24, 2.45) is 7.05 Å². The number of halogens is 1. The molecule has 0 fully saturated rings. The first-order valence-electron chi connectivity index (χ1n) is 6.58. The fourth-order valence-corrected chi connectivity index (χ4v) is 2.15. The first-order chi connectivity index (χ1) is 9.61. The third-order valence-corrected chi connectivity index (χ3v) is 3.91. The van der Waals surface area contributed by atoms with Crippen molar-refractivity contribution in [1.82, 2.24) is 20.1 Å². The van der Waals surface area contributed by atoms with E-state index in [4.69, 9.17) is 4.74 Å². The molecule has 108 valence electrons. The molecule has 0 saturated carbocycles. The van der Waals surface area contributed by atoms with Gasteiger partial charge in [0.15, 0.2) is 5.82 Å². The molecule has 0 spiro atoms. The molecule has 0 unspecified atom stereocenters. The third kappa shape index (κ3) is 3.58. The van der Waals surface area contributed by atoms with Crippen LogP contribution in [0.2, 0.25) is 0 Å². The summed E-state index contributed by atoms with van der Waals surface area (Å²) in [4.78, 5) is 0. The molecule has 0 aliphatic heterocycles. The lowest BCUT2D eigenvalue weighted by Crippen LogP contribution is -2.12. The Balaban J connectivity index is 2.04. The van der Waals surface area contributed by atoms with Crippen LogP contribution >= 0.6 is 15.9 Å². The van der Waals surface area contributed by atoms with Gasteiger partial charge < -0.3 is 14.6 Å². The largest absolute Gasteiger partial charge is 0.486 e. The van der Waals surface area contributed by atoms with Crippen molar-refractivity contribution < 1.29 is 4.74 Å². The van der Waals surface area contributed by atoms with E-state index in [1.807, 2.05) is 36.7 Å². The van der Waals surface area contributed by atoms with Crippen molar-refractivity contribution in [3.05, 3.63) is 39.9 Å². The quantitative estimate of drug-likeness (QED) is 0.879. The van der Waals surface area contributed by atoms with Crippen LogP contribution in [0.15, 0.2) is 22.7 Å². The van der Waals surface area contributed by atoms with Crippen molar-refractivity contribution in [2.45, 2.75) is 27.0 Å². The number of ether oxygens (including phenoxy) is 1. The van der Waals surface area contributed by atoms with Crippen LogP contribution in [0.1, 0.15) is 24.1 Å². The van der Waals surface area contributed by atoms with Crippen LogP contribution in [0.25, 0.3) is 0 Å². The second kappa shape index (κ2) is 6.85. The smallest absolute Gasteiger partial charge is 0.170 e. The molecule has 0 amide bonds. The SMILES string of the molecule is CCNCc1cc(OCc2nnc(C)n2C)ccc1Br. The summed E-state index contributed by atoms with van der Waals surface area (Å²) in [5.41, 5.74) is 1.18. The highest BCUT2D eigenvalue weighted by Crippen LogP contribution is 2.23. The van der Waals surface area contributed by atoms with E-state index in [-0.39, 0.29) is 0 Å². The molecule has 1 N–H and O–H groups in total. The van der Waals surface area contributed by atoms with Crippen molar-refractivity contribution >= 4 is 15.9 Å². The Hall–Kier alpha value is -1.40. The van der Waals surface area contributed by atoms with Gasteiger partial charge in [0.25, 0.3) is 0 Å². The number of aryl methyl sites for hydroxylation is 1. The molecule has 0 aliphatic carbocycles. The lowest BCUT2D eigenvalue weighted by atomic mass is 10.2. The van der Waals surface area contributed by atoms with Gasteiger partial charge >= 0.3 is 0 Å². The molecule has 5 nitrogen and oxygen atoms in total. The lowest BCUT2D eigenvalue weighted by Gasteiger charge is -2.10. The van der Waals surface area contributed by atoms with Crippen molar-refractivity contribution in [3.8, 4) is 5.75 Å². The second-order valence-corrected chi connectivity index (χ2v) is 5.40. The zero-order chi connectivity index (χ0) is 14.5. The van der Waals surface area contributed by atoms with Crippen LogP contribution < -0.4 is 10.1 Å². The molecule has 0 saturated heterocycles. The molecule has 2 aromatic rings. The van der Waals surface area contributed by atoms with E-state index in [1.165, 1.54) is 5.56 Å². The minimum absolute atomic E-state index is 0.416. The van der Waals surface area contributed by atoms with Crippen molar-refractivity contribution in [3.63, 3.8) is 0 Å². The number of aromatic nitrogens is 3. The number of benzene rings is 1. The number of hydrogen-bond acceptors (Lipinski definition) is 4. The highest BCUT2D eigenvalue weighted by Gasteiger charge is 2.07. The van der Waals surface area contributed by atoms with Crippen LogP contribution in [-0.2, 0) is 20.2 Å². The zero-order valence-electron chi connectivity index (χ0n) is 12.0. The second-order valence-electron chi connectivity index (χ2n) is 4.54. The van der Waals surface area contributed by atoms with E-state index >= 15 is 0 Å². The molecule has 0 aliphatic rings.